The van der Waals surface area contributed by atoms with Gasteiger partial charge in [-0.1, -0.05) is 6.92 Å². The first-order valence-corrected chi connectivity index (χ1v) is 7.53. The molecule has 0 atom stereocenters. The van der Waals surface area contributed by atoms with Gasteiger partial charge in [-0.2, -0.15) is 5.10 Å². The van der Waals surface area contributed by atoms with E-state index >= 15 is 0 Å². The van der Waals surface area contributed by atoms with Crippen LogP contribution in [0.1, 0.15) is 32.6 Å². The topological polar surface area (TPSA) is 111 Å². The van der Waals surface area contributed by atoms with Crippen molar-refractivity contribution in [3.05, 3.63) is 34.5 Å². The molecule has 1 amide bonds. The Morgan fingerprint density at radius 2 is 2.17 bits per heavy atom. The van der Waals surface area contributed by atoms with Crippen molar-refractivity contribution in [2.24, 2.45) is 0 Å². The lowest BCUT2D eigenvalue weighted by Crippen LogP contribution is -2.16. The minimum Gasteiger partial charge on any atom is -0.480 e. The third-order valence-corrected chi connectivity index (χ3v) is 4.13. The summed E-state index contributed by atoms with van der Waals surface area (Å²) < 4.78 is 5.84. The van der Waals surface area contributed by atoms with E-state index in [1.165, 1.54) is 30.7 Å². The minimum atomic E-state index is -1.06. The average Bonchev–Trinajstić information content (AvgIpc) is 3.12. The summed E-state index contributed by atoms with van der Waals surface area (Å²) in [4.78, 5) is 35.5. The second-order valence-corrected chi connectivity index (χ2v) is 5.68. The molecule has 2 rings (SSSR count). The van der Waals surface area contributed by atoms with E-state index in [1.807, 2.05) is 6.92 Å². The van der Waals surface area contributed by atoms with Crippen LogP contribution in [0.15, 0.2) is 18.3 Å². The van der Waals surface area contributed by atoms with Gasteiger partial charge in [0.15, 0.2) is 5.69 Å². The molecule has 0 saturated carbocycles. The number of esters is 1. The van der Waals surface area contributed by atoms with Crippen LogP contribution in [0.4, 0.5) is 5.00 Å². The highest BCUT2D eigenvalue weighted by atomic mass is 32.1. The Morgan fingerprint density at radius 3 is 2.78 bits per heavy atom. The molecule has 2 N–H and O–H groups in total. The lowest BCUT2D eigenvalue weighted by atomic mass is 10.2. The second kappa shape index (κ2) is 7.05. The third kappa shape index (κ3) is 3.95. The highest BCUT2D eigenvalue weighted by molar-refractivity contribution is 7.16. The smallest absolute Gasteiger partial charge is 0.340 e. The second-order valence-electron chi connectivity index (χ2n) is 4.55. The maximum atomic E-state index is 12.2. The first kappa shape index (κ1) is 16.7. The predicted molar refractivity (Wildman–Crippen MR) is 82.9 cm³/mol. The maximum Gasteiger partial charge on any atom is 0.340 e. The lowest BCUT2D eigenvalue weighted by Gasteiger charge is -2.03. The van der Waals surface area contributed by atoms with Crippen LogP contribution >= 0.6 is 11.3 Å². The van der Waals surface area contributed by atoms with E-state index in [0.29, 0.717) is 5.00 Å². The zero-order valence-electron chi connectivity index (χ0n) is 12.5. The van der Waals surface area contributed by atoms with E-state index in [2.05, 4.69) is 10.4 Å². The van der Waals surface area contributed by atoms with Gasteiger partial charge in [0.2, 0.25) is 0 Å². The number of carboxylic acids is 1. The van der Waals surface area contributed by atoms with E-state index in [1.54, 1.807) is 6.07 Å². The van der Waals surface area contributed by atoms with Gasteiger partial charge >= 0.3 is 11.9 Å². The van der Waals surface area contributed by atoms with Gasteiger partial charge in [0.25, 0.3) is 5.91 Å². The van der Waals surface area contributed by atoms with Gasteiger partial charge in [0, 0.05) is 11.1 Å². The molecule has 0 aliphatic carbocycles. The number of amides is 1. The van der Waals surface area contributed by atoms with E-state index < -0.39 is 17.8 Å². The van der Waals surface area contributed by atoms with Gasteiger partial charge in [-0.25, -0.2) is 4.79 Å². The Morgan fingerprint density at radius 1 is 1.43 bits per heavy atom. The van der Waals surface area contributed by atoms with E-state index in [4.69, 9.17) is 9.84 Å². The molecule has 0 fully saturated rings. The maximum absolute atomic E-state index is 12.2. The average molecular weight is 337 g/mol. The zero-order valence-corrected chi connectivity index (χ0v) is 13.3. The summed E-state index contributed by atoms with van der Waals surface area (Å²) in [5.41, 5.74) is 0.348. The fourth-order valence-corrected chi connectivity index (χ4v) is 2.83. The third-order valence-electron chi connectivity index (χ3n) is 2.93. The van der Waals surface area contributed by atoms with E-state index in [0.717, 1.165) is 16.0 Å². The number of aryl methyl sites for hydroxylation is 1. The minimum absolute atomic E-state index is 0.0634. The number of ether oxygens (including phenoxy) is 1. The number of anilines is 1. The number of carbonyl (C=O) groups is 3. The molecule has 2 aromatic heterocycles. The molecule has 0 radical (unpaired) electrons. The summed E-state index contributed by atoms with van der Waals surface area (Å²) in [6, 6.07) is 3.08. The largest absolute Gasteiger partial charge is 0.480 e. The fourth-order valence-electron chi connectivity index (χ4n) is 1.85. The monoisotopic (exact) mass is 337 g/mol. The molecule has 122 valence electrons. The number of methoxy groups -OCH3 is 1. The van der Waals surface area contributed by atoms with Crippen molar-refractivity contribution in [3.8, 4) is 0 Å². The molecule has 0 aliphatic rings. The highest BCUT2D eigenvalue weighted by Crippen LogP contribution is 2.29. The fraction of sp³-hybridized carbons (Fsp3) is 0.286. The quantitative estimate of drug-likeness (QED) is 0.775. The Hall–Kier alpha value is -2.68. The summed E-state index contributed by atoms with van der Waals surface area (Å²) in [7, 11) is 1.27. The van der Waals surface area contributed by atoms with Crippen LogP contribution in [0, 0.1) is 0 Å². The Labute approximate surface area is 135 Å². The Kier molecular flexibility index (Phi) is 5.12. The van der Waals surface area contributed by atoms with Crippen molar-refractivity contribution in [1.29, 1.82) is 0 Å². The van der Waals surface area contributed by atoms with Crippen molar-refractivity contribution in [1.82, 2.24) is 9.78 Å². The van der Waals surface area contributed by atoms with Crippen LogP contribution in [-0.4, -0.2) is 39.8 Å². The first-order chi connectivity index (χ1) is 10.9. The number of carboxylic acid groups (broad SMARTS) is 1. The van der Waals surface area contributed by atoms with E-state index in [-0.39, 0.29) is 17.8 Å². The Balaban J connectivity index is 2.19. The molecule has 2 heterocycles. The number of aliphatic carboxylic acids is 1. The molecule has 0 aromatic carbocycles. The predicted octanol–water partition coefficient (Wildman–Crippen LogP) is 1.63. The molecule has 9 heteroatoms. The molecule has 0 unspecified atom stereocenters. The van der Waals surface area contributed by atoms with Gasteiger partial charge in [-0.15, -0.1) is 11.3 Å². The van der Waals surface area contributed by atoms with E-state index in [9.17, 15) is 14.4 Å². The number of hydrogen-bond acceptors (Lipinski definition) is 6. The number of aromatic nitrogens is 2. The lowest BCUT2D eigenvalue weighted by molar-refractivity contribution is -0.137. The van der Waals surface area contributed by atoms with Crippen LogP contribution in [0.2, 0.25) is 0 Å². The molecular weight excluding hydrogens is 322 g/mol. The van der Waals surface area contributed by atoms with Gasteiger partial charge in [-0.05, 0) is 18.6 Å². The van der Waals surface area contributed by atoms with Gasteiger partial charge < -0.3 is 15.2 Å². The normalized spacial score (nSPS) is 10.3. The van der Waals surface area contributed by atoms with Crippen molar-refractivity contribution < 1.29 is 24.2 Å². The van der Waals surface area contributed by atoms with Crippen LogP contribution in [0.3, 0.4) is 0 Å². The van der Waals surface area contributed by atoms with Gasteiger partial charge in [-0.3, -0.25) is 14.3 Å². The number of rotatable bonds is 6. The molecule has 0 saturated heterocycles. The number of hydrogen-bond donors (Lipinski definition) is 2. The first-order valence-electron chi connectivity index (χ1n) is 6.72. The number of thiophene rings is 1. The highest BCUT2D eigenvalue weighted by Gasteiger charge is 2.19. The summed E-state index contributed by atoms with van der Waals surface area (Å²) in [5, 5.41) is 15.6. The van der Waals surface area contributed by atoms with Crippen molar-refractivity contribution >= 4 is 34.2 Å². The SMILES string of the molecule is CCc1cc(C(=O)OC)c(NC(=O)c2ccn(CC(=O)O)n2)s1. The summed E-state index contributed by atoms with van der Waals surface area (Å²) in [5.74, 6) is -2.12. The van der Waals surface area contributed by atoms with Gasteiger partial charge in [0.1, 0.15) is 11.5 Å². The van der Waals surface area contributed by atoms with Crippen LogP contribution in [-0.2, 0) is 22.5 Å². The summed E-state index contributed by atoms with van der Waals surface area (Å²) in [6.07, 6.45) is 2.12. The summed E-state index contributed by atoms with van der Waals surface area (Å²) in [6.45, 7) is 1.60. The van der Waals surface area contributed by atoms with Crippen molar-refractivity contribution in [2.45, 2.75) is 19.9 Å². The standard InChI is InChI=1S/C14H15N3O5S/c1-3-8-6-9(14(21)22-2)13(23-8)15-12(20)10-4-5-17(16-10)7-11(18)19/h4-6H,3,7H2,1-2H3,(H,15,20)(H,18,19). The molecule has 8 nitrogen and oxygen atoms in total. The molecule has 0 bridgehead atoms. The Bertz CT molecular complexity index is 749. The molecule has 2 aromatic rings. The van der Waals surface area contributed by atoms with Crippen LogP contribution in [0.25, 0.3) is 0 Å². The van der Waals surface area contributed by atoms with Crippen LogP contribution < -0.4 is 5.32 Å². The molecular formula is C14H15N3O5S. The molecule has 0 spiro atoms. The number of nitrogens with one attached hydrogen (secondary N) is 1. The summed E-state index contributed by atoms with van der Waals surface area (Å²) >= 11 is 1.28. The number of carbonyl (C=O) groups excluding carboxylic acids is 2. The molecule has 0 aliphatic heterocycles. The molecule has 23 heavy (non-hydrogen) atoms. The number of nitrogens with zero attached hydrogens (tertiary/aromatic N) is 2. The van der Waals surface area contributed by atoms with Gasteiger partial charge in [0.05, 0.1) is 12.7 Å². The zero-order chi connectivity index (χ0) is 17.0. The van der Waals surface area contributed by atoms with Crippen molar-refractivity contribution in [3.63, 3.8) is 0 Å². The van der Waals surface area contributed by atoms with Crippen molar-refractivity contribution in [2.75, 3.05) is 12.4 Å². The van der Waals surface area contributed by atoms with Crippen LogP contribution in [0.5, 0.6) is 0 Å².